The van der Waals surface area contributed by atoms with Gasteiger partial charge in [0.05, 0.1) is 11.8 Å². The third-order valence-corrected chi connectivity index (χ3v) is 3.23. The first-order chi connectivity index (χ1) is 9.56. The molecule has 0 amide bonds. The van der Waals surface area contributed by atoms with E-state index < -0.39 is 0 Å². The van der Waals surface area contributed by atoms with Gasteiger partial charge in [-0.3, -0.25) is 0 Å². The van der Waals surface area contributed by atoms with E-state index in [1.54, 1.807) is 12.1 Å². The molecule has 1 N–H and O–H groups in total. The second kappa shape index (κ2) is 6.75. The third-order valence-electron chi connectivity index (χ3n) is 2.73. The SMILES string of the molecule is CC(C)Oc1ccccc1CNc1cc(Br)ccc1F. The Balaban J connectivity index is 2.12. The van der Waals surface area contributed by atoms with Crippen LogP contribution in [0, 0.1) is 5.82 Å². The summed E-state index contributed by atoms with van der Waals surface area (Å²) in [6, 6.07) is 12.6. The van der Waals surface area contributed by atoms with E-state index >= 15 is 0 Å². The first kappa shape index (κ1) is 14.9. The number of para-hydroxylation sites is 1. The van der Waals surface area contributed by atoms with E-state index in [0.717, 1.165) is 15.8 Å². The van der Waals surface area contributed by atoms with E-state index in [1.165, 1.54) is 6.07 Å². The molecule has 2 aromatic carbocycles. The van der Waals surface area contributed by atoms with Crippen LogP contribution in [0.5, 0.6) is 5.75 Å². The van der Waals surface area contributed by atoms with Crippen LogP contribution in [0.15, 0.2) is 46.9 Å². The van der Waals surface area contributed by atoms with Gasteiger partial charge in [-0.1, -0.05) is 34.1 Å². The third kappa shape index (κ3) is 3.97. The number of anilines is 1. The molecule has 2 aromatic rings. The van der Waals surface area contributed by atoms with Gasteiger partial charge in [-0.2, -0.15) is 0 Å². The Bertz CT molecular complexity index is 586. The molecule has 2 rings (SSSR count). The summed E-state index contributed by atoms with van der Waals surface area (Å²) >= 11 is 3.34. The van der Waals surface area contributed by atoms with Crippen LogP contribution in [0.2, 0.25) is 0 Å². The molecule has 4 heteroatoms. The van der Waals surface area contributed by atoms with E-state index in [9.17, 15) is 4.39 Å². The number of hydrogen-bond acceptors (Lipinski definition) is 2. The van der Waals surface area contributed by atoms with E-state index in [-0.39, 0.29) is 11.9 Å². The molecule has 0 unspecified atom stereocenters. The lowest BCUT2D eigenvalue weighted by atomic mass is 10.2. The molecule has 0 atom stereocenters. The molecule has 0 spiro atoms. The summed E-state index contributed by atoms with van der Waals surface area (Å²) in [7, 11) is 0. The lowest BCUT2D eigenvalue weighted by Gasteiger charge is -2.15. The predicted octanol–water partition coefficient (Wildman–Crippen LogP) is 4.99. The van der Waals surface area contributed by atoms with Crippen molar-refractivity contribution in [3.05, 3.63) is 58.3 Å². The molecular formula is C16H17BrFNO. The minimum absolute atomic E-state index is 0.110. The summed E-state index contributed by atoms with van der Waals surface area (Å²) in [5.74, 6) is 0.556. The normalized spacial score (nSPS) is 10.7. The minimum atomic E-state index is -0.268. The highest BCUT2D eigenvalue weighted by molar-refractivity contribution is 9.10. The monoisotopic (exact) mass is 337 g/mol. The second-order valence-electron chi connectivity index (χ2n) is 4.75. The quantitative estimate of drug-likeness (QED) is 0.829. The highest BCUT2D eigenvalue weighted by Crippen LogP contribution is 2.23. The average Bonchev–Trinajstić information content (AvgIpc) is 2.41. The molecule has 0 aliphatic heterocycles. The predicted molar refractivity (Wildman–Crippen MR) is 83.6 cm³/mol. The topological polar surface area (TPSA) is 21.3 Å². The van der Waals surface area contributed by atoms with E-state index in [4.69, 9.17) is 4.74 Å². The molecule has 0 heterocycles. The largest absolute Gasteiger partial charge is 0.491 e. The fraction of sp³-hybridized carbons (Fsp3) is 0.250. The zero-order valence-corrected chi connectivity index (χ0v) is 13.1. The van der Waals surface area contributed by atoms with Gasteiger partial charge >= 0.3 is 0 Å². The zero-order chi connectivity index (χ0) is 14.5. The summed E-state index contributed by atoms with van der Waals surface area (Å²) in [6.45, 7) is 4.48. The van der Waals surface area contributed by atoms with Gasteiger partial charge in [0.2, 0.25) is 0 Å². The average molecular weight is 338 g/mol. The summed E-state index contributed by atoms with van der Waals surface area (Å²) in [6.07, 6.45) is 0.110. The summed E-state index contributed by atoms with van der Waals surface area (Å²) < 4.78 is 20.3. The van der Waals surface area contributed by atoms with Crippen molar-refractivity contribution in [2.45, 2.75) is 26.5 Å². The Hall–Kier alpha value is -1.55. The van der Waals surface area contributed by atoms with Crippen molar-refractivity contribution >= 4 is 21.6 Å². The van der Waals surface area contributed by atoms with Crippen LogP contribution in [0.25, 0.3) is 0 Å². The molecule has 20 heavy (non-hydrogen) atoms. The zero-order valence-electron chi connectivity index (χ0n) is 11.5. The fourth-order valence-electron chi connectivity index (χ4n) is 1.84. The number of benzene rings is 2. The minimum Gasteiger partial charge on any atom is -0.491 e. The van der Waals surface area contributed by atoms with Gasteiger partial charge < -0.3 is 10.1 Å². The number of nitrogens with one attached hydrogen (secondary N) is 1. The molecule has 106 valence electrons. The standard InChI is InChI=1S/C16H17BrFNO/c1-11(2)20-16-6-4-3-5-12(16)10-19-15-9-13(17)7-8-14(15)18/h3-9,11,19H,10H2,1-2H3. The molecule has 0 saturated heterocycles. The van der Waals surface area contributed by atoms with Crippen molar-refractivity contribution in [2.24, 2.45) is 0 Å². The number of ether oxygens (including phenoxy) is 1. The summed E-state index contributed by atoms with van der Waals surface area (Å²) in [5.41, 5.74) is 1.47. The molecule has 0 radical (unpaired) electrons. The highest BCUT2D eigenvalue weighted by Gasteiger charge is 2.07. The van der Waals surface area contributed by atoms with Gasteiger partial charge in [0.25, 0.3) is 0 Å². The van der Waals surface area contributed by atoms with Crippen molar-refractivity contribution in [2.75, 3.05) is 5.32 Å². The van der Waals surface area contributed by atoms with Crippen molar-refractivity contribution < 1.29 is 9.13 Å². The van der Waals surface area contributed by atoms with Gasteiger partial charge in [-0.25, -0.2) is 4.39 Å². The van der Waals surface area contributed by atoms with Crippen LogP contribution >= 0.6 is 15.9 Å². The lowest BCUT2D eigenvalue weighted by molar-refractivity contribution is 0.240. The molecule has 0 aliphatic carbocycles. The first-order valence-corrected chi connectivity index (χ1v) is 7.29. The fourth-order valence-corrected chi connectivity index (χ4v) is 2.20. The smallest absolute Gasteiger partial charge is 0.146 e. The maximum Gasteiger partial charge on any atom is 0.146 e. The van der Waals surface area contributed by atoms with Crippen LogP contribution in [-0.4, -0.2) is 6.10 Å². The van der Waals surface area contributed by atoms with Gasteiger partial charge in [-0.15, -0.1) is 0 Å². The van der Waals surface area contributed by atoms with Gasteiger partial charge in [0.1, 0.15) is 11.6 Å². The second-order valence-corrected chi connectivity index (χ2v) is 5.67. The Morgan fingerprint density at radius 1 is 1.20 bits per heavy atom. The van der Waals surface area contributed by atoms with Gasteiger partial charge in [0.15, 0.2) is 0 Å². The molecular weight excluding hydrogens is 321 g/mol. The summed E-state index contributed by atoms with van der Waals surface area (Å²) in [5, 5.41) is 3.10. The summed E-state index contributed by atoms with van der Waals surface area (Å²) in [4.78, 5) is 0. The molecule has 0 aliphatic rings. The van der Waals surface area contributed by atoms with Crippen LogP contribution in [0.1, 0.15) is 19.4 Å². The molecule has 0 fully saturated rings. The molecule has 0 aromatic heterocycles. The van der Waals surface area contributed by atoms with Gasteiger partial charge in [0, 0.05) is 16.6 Å². The number of halogens is 2. The van der Waals surface area contributed by atoms with E-state index in [0.29, 0.717) is 12.2 Å². The first-order valence-electron chi connectivity index (χ1n) is 6.49. The Labute approximate surface area is 127 Å². The number of hydrogen-bond donors (Lipinski definition) is 1. The van der Waals surface area contributed by atoms with E-state index in [2.05, 4.69) is 21.2 Å². The van der Waals surface area contributed by atoms with Gasteiger partial charge in [-0.05, 0) is 38.1 Å². The maximum absolute atomic E-state index is 13.7. The van der Waals surface area contributed by atoms with Crippen molar-refractivity contribution in [3.63, 3.8) is 0 Å². The highest BCUT2D eigenvalue weighted by atomic mass is 79.9. The molecule has 0 bridgehead atoms. The van der Waals surface area contributed by atoms with Crippen LogP contribution < -0.4 is 10.1 Å². The van der Waals surface area contributed by atoms with Crippen LogP contribution in [0.4, 0.5) is 10.1 Å². The lowest BCUT2D eigenvalue weighted by Crippen LogP contribution is -2.09. The maximum atomic E-state index is 13.7. The van der Waals surface area contributed by atoms with Crippen LogP contribution in [0.3, 0.4) is 0 Å². The molecule has 0 saturated carbocycles. The Morgan fingerprint density at radius 3 is 2.70 bits per heavy atom. The number of rotatable bonds is 5. The molecule has 2 nitrogen and oxygen atoms in total. The van der Waals surface area contributed by atoms with Crippen molar-refractivity contribution in [3.8, 4) is 5.75 Å². The van der Waals surface area contributed by atoms with Crippen LogP contribution in [-0.2, 0) is 6.54 Å². The van der Waals surface area contributed by atoms with Crippen molar-refractivity contribution in [1.29, 1.82) is 0 Å². The Morgan fingerprint density at radius 2 is 1.95 bits per heavy atom. The Kier molecular flexibility index (Phi) is 5.01. The van der Waals surface area contributed by atoms with Crippen molar-refractivity contribution in [1.82, 2.24) is 0 Å². The van der Waals surface area contributed by atoms with E-state index in [1.807, 2.05) is 38.1 Å².